The number of aryl methyl sites for hydroxylation is 1. The Morgan fingerprint density at radius 3 is 2.78 bits per heavy atom. The lowest BCUT2D eigenvalue weighted by Gasteiger charge is -2.16. The van der Waals surface area contributed by atoms with Crippen LogP contribution in [0, 0.1) is 6.92 Å². The zero-order valence-corrected chi connectivity index (χ0v) is 11.9. The van der Waals surface area contributed by atoms with Crippen LogP contribution in [0.2, 0.25) is 0 Å². The molecule has 0 unspecified atom stereocenters. The summed E-state index contributed by atoms with van der Waals surface area (Å²) in [5.41, 5.74) is 0. The Labute approximate surface area is 113 Å². The predicted octanol–water partition coefficient (Wildman–Crippen LogP) is 2.83. The van der Waals surface area contributed by atoms with Crippen LogP contribution in [0.3, 0.4) is 0 Å². The van der Waals surface area contributed by atoms with Crippen LogP contribution in [0.4, 0.5) is 0 Å². The Morgan fingerprint density at radius 1 is 1.39 bits per heavy atom. The van der Waals surface area contributed by atoms with Crippen molar-refractivity contribution in [3.63, 3.8) is 0 Å². The lowest BCUT2D eigenvalue weighted by atomic mass is 10.2. The van der Waals surface area contributed by atoms with Crippen molar-refractivity contribution < 1.29 is 0 Å². The Hall–Kier alpha value is -1.29. The summed E-state index contributed by atoms with van der Waals surface area (Å²) in [6.45, 7) is 5.88. The number of rotatable bonds is 4. The lowest BCUT2D eigenvalue weighted by molar-refractivity contribution is 0.633. The average molecular weight is 263 g/mol. The van der Waals surface area contributed by atoms with E-state index in [0.29, 0.717) is 6.04 Å². The fourth-order valence-electron chi connectivity index (χ4n) is 1.98. The average Bonchev–Trinajstić information content (AvgIpc) is 2.98. The van der Waals surface area contributed by atoms with Crippen LogP contribution >= 0.6 is 11.3 Å². The van der Waals surface area contributed by atoms with Gasteiger partial charge in [0.1, 0.15) is 0 Å². The molecule has 0 aromatic carbocycles. The maximum atomic E-state index is 4.64. The van der Waals surface area contributed by atoms with E-state index in [-0.39, 0.29) is 0 Å². The molecular weight excluding hydrogens is 242 g/mol. The number of hydrogen-bond acceptors (Lipinski definition) is 2. The van der Waals surface area contributed by atoms with Gasteiger partial charge < -0.3 is 10.6 Å². The maximum absolute atomic E-state index is 4.64. The fourth-order valence-corrected chi connectivity index (χ4v) is 2.79. The van der Waals surface area contributed by atoms with Gasteiger partial charge in [0.05, 0.1) is 6.54 Å². The summed E-state index contributed by atoms with van der Waals surface area (Å²) in [5, 5.41) is 6.78. The summed E-state index contributed by atoms with van der Waals surface area (Å²) in [5.74, 6) is 0.928. The highest BCUT2D eigenvalue weighted by atomic mass is 32.1. The van der Waals surface area contributed by atoms with Gasteiger partial charge in [-0.25, -0.2) is 4.99 Å². The number of hydrogen-bond donors (Lipinski definition) is 2. The third kappa shape index (κ3) is 3.88. The van der Waals surface area contributed by atoms with Crippen LogP contribution in [-0.4, -0.2) is 18.5 Å². The number of guanidine groups is 1. The molecule has 0 saturated heterocycles. The molecule has 1 aromatic heterocycles. The molecule has 1 aliphatic rings. The first kappa shape index (κ1) is 13.1. The third-order valence-corrected chi connectivity index (χ3v) is 3.87. The molecule has 0 spiro atoms. The van der Waals surface area contributed by atoms with Gasteiger partial charge in [-0.3, -0.25) is 0 Å². The van der Waals surface area contributed by atoms with Gasteiger partial charge in [-0.05, 0) is 38.8 Å². The van der Waals surface area contributed by atoms with Crippen molar-refractivity contribution in [2.75, 3.05) is 6.54 Å². The van der Waals surface area contributed by atoms with Crippen molar-refractivity contribution in [2.24, 2.45) is 4.99 Å². The Bertz CT molecular complexity index is 426. The molecule has 4 heteroatoms. The van der Waals surface area contributed by atoms with E-state index in [0.717, 1.165) is 31.9 Å². The smallest absolute Gasteiger partial charge is 0.191 e. The van der Waals surface area contributed by atoms with Crippen molar-refractivity contribution in [3.05, 3.63) is 34.0 Å². The van der Waals surface area contributed by atoms with E-state index in [1.54, 1.807) is 0 Å². The summed E-state index contributed by atoms with van der Waals surface area (Å²) in [7, 11) is 0. The molecule has 1 aromatic rings. The Morgan fingerprint density at radius 2 is 2.17 bits per heavy atom. The summed E-state index contributed by atoms with van der Waals surface area (Å²) in [6, 6.07) is 4.81. The molecule has 98 valence electrons. The SMILES string of the molecule is CCNC(=NCc1ccc(C)s1)NC1CC=CC1. The molecule has 0 radical (unpaired) electrons. The predicted molar refractivity (Wildman–Crippen MR) is 79.2 cm³/mol. The number of aliphatic imine (C=N–C) groups is 1. The largest absolute Gasteiger partial charge is 0.357 e. The van der Waals surface area contributed by atoms with Gasteiger partial charge >= 0.3 is 0 Å². The van der Waals surface area contributed by atoms with Gasteiger partial charge in [0.15, 0.2) is 5.96 Å². The topological polar surface area (TPSA) is 36.4 Å². The fraction of sp³-hybridized carbons (Fsp3) is 0.500. The van der Waals surface area contributed by atoms with Crippen LogP contribution in [0.15, 0.2) is 29.3 Å². The first-order valence-electron chi connectivity index (χ1n) is 6.53. The van der Waals surface area contributed by atoms with Gasteiger partial charge in [0.2, 0.25) is 0 Å². The summed E-state index contributed by atoms with van der Waals surface area (Å²) in [6.07, 6.45) is 6.65. The van der Waals surface area contributed by atoms with Crippen LogP contribution in [0.25, 0.3) is 0 Å². The Balaban J connectivity index is 1.91. The second-order valence-corrected chi connectivity index (χ2v) is 5.86. The molecule has 2 N–H and O–H groups in total. The van der Waals surface area contributed by atoms with Crippen LogP contribution in [0.5, 0.6) is 0 Å². The maximum Gasteiger partial charge on any atom is 0.191 e. The highest BCUT2D eigenvalue weighted by Crippen LogP contribution is 2.15. The molecule has 0 amide bonds. The highest BCUT2D eigenvalue weighted by molar-refractivity contribution is 7.11. The van der Waals surface area contributed by atoms with Gasteiger partial charge in [-0.1, -0.05) is 12.2 Å². The van der Waals surface area contributed by atoms with E-state index in [1.807, 2.05) is 11.3 Å². The van der Waals surface area contributed by atoms with Crippen LogP contribution < -0.4 is 10.6 Å². The molecular formula is C14H21N3S. The van der Waals surface area contributed by atoms with E-state index in [9.17, 15) is 0 Å². The van der Waals surface area contributed by atoms with E-state index in [4.69, 9.17) is 0 Å². The first-order valence-corrected chi connectivity index (χ1v) is 7.34. The van der Waals surface area contributed by atoms with E-state index >= 15 is 0 Å². The number of nitrogens with one attached hydrogen (secondary N) is 2. The molecule has 0 bridgehead atoms. The van der Waals surface area contributed by atoms with Crippen molar-refractivity contribution in [2.45, 2.75) is 39.3 Å². The zero-order valence-electron chi connectivity index (χ0n) is 11.1. The van der Waals surface area contributed by atoms with E-state index < -0.39 is 0 Å². The summed E-state index contributed by atoms with van der Waals surface area (Å²) < 4.78 is 0. The van der Waals surface area contributed by atoms with Crippen molar-refractivity contribution >= 4 is 17.3 Å². The third-order valence-electron chi connectivity index (χ3n) is 2.88. The Kier molecular flexibility index (Phi) is 4.81. The molecule has 2 rings (SSSR count). The standard InChI is InChI=1S/C14H21N3S/c1-3-15-14(17-12-6-4-5-7-12)16-10-13-9-8-11(2)18-13/h4-5,8-9,12H,3,6-7,10H2,1-2H3,(H2,15,16,17). The highest BCUT2D eigenvalue weighted by Gasteiger charge is 2.11. The molecule has 1 heterocycles. The molecule has 0 atom stereocenters. The molecule has 18 heavy (non-hydrogen) atoms. The molecule has 0 fully saturated rings. The van der Waals surface area contributed by atoms with Gasteiger partial charge in [-0.2, -0.15) is 0 Å². The number of thiophene rings is 1. The lowest BCUT2D eigenvalue weighted by Crippen LogP contribution is -2.42. The zero-order chi connectivity index (χ0) is 12.8. The monoisotopic (exact) mass is 263 g/mol. The van der Waals surface area contributed by atoms with E-state index in [2.05, 4.69) is 53.8 Å². The summed E-state index contributed by atoms with van der Waals surface area (Å²) >= 11 is 1.82. The van der Waals surface area contributed by atoms with Crippen molar-refractivity contribution in [3.8, 4) is 0 Å². The number of nitrogens with zero attached hydrogens (tertiary/aromatic N) is 1. The minimum absolute atomic E-state index is 0.507. The van der Waals surface area contributed by atoms with Crippen molar-refractivity contribution in [1.29, 1.82) is 0 Å². The molecule has 1 aliphatic carbocycles. The van der Waals surface area contributed by atoms with Crippen LogP contribution in [-0.2, 0) is 6.54 Å². The minimum atomic E-state index is 0.507. The second kappa shape index (κ2) is 6.59. The van der Waals surface area contributed by atoms with Gasteiger partial charge in [-0.15, -0.1) is 11.3 Å². The van der Waals surface area contributed by atoms with E-state index in [1.165, 1.54) is 9.75 Å². The van der Waals surface area contributed by atoms with Gasteiger partial charge in [0.25, 0.3) is 0 Å². The first-order chi connectivity index (χ1) is 8.78. The second-order valence-electron chi connectivity index (χ2n) is 4.49. The summed E-state index contributed by atoms with van der Waals surface area (Å²) in [4.78, 5) is 7.30. The molecule has 0 saturated carbocycles. The quantitative estimate of drug-likeness (QED) is 0.498. The normalized spacial score (nSPS) is 16.2. The molecule has 0 aliphatic heterocycles. The minimum Gasteiger partial charge on any atom is -0.357 e. The van der Waals surface area contributed by atoms with Gasteiger partial charge in [0, 0.05) is 22.3 Å². The van der Waals surface area contributed by atoms with Crippen molar-refractivity contribution in [1.82, 2.24) is 10.6 Å². The van der Waals surface area contributed by atoms with Crippen LogP contribution in [0.1, 0.15) is 29.5 Å². The molecule has 3 nitrogen and oxygen atoms in total.